The van der Waals surface area contributed by atoms with Crippen molar-refractivity contribution in [2.75, 3.05) is 0 Å². The Kier molecular flexibility index (Phi) is 4.34. The summed E-state index contributed by atoms with van der Waals surface area (Å²) in [5.74, 6) is 0.660. The van der Waals surface area contributed by atoms with E-state index in [9.17, 15) is 0 Å². The van der Waals surface area contributed by atoms with Gasteiger partial charge < -0.3 is 0 Å². The lowest BCUT2D eigenvalue weighted by molar-refractivity contribution is 0.398. The number of aliphatic imine (C=N–C) groups is 1. The largest absolute Gasteiger partial charge is 0.298 e. The van der Waals surface area contributed by atoms with Gasteiger partial charge in [0, 0.05) is 6.04 Å². The first-order valence-electron chi connectivity index (χ1n) is 7.86. The second kappa shape index (κ2) is 6.58. The van der Waals surface area contributed by atoms with Crippen LogP contribution in [0.3, 0.4) is 0 Å². The molecule has 0 aromatic heterocycles. The van der Waals surface area contributed by atoms with E-state index in [1.807, 2.05) is 24.3 Å². The van der Waals surface area contributed by atoms with Gasteiger partial charge >= 0.3 is 0 Å². The monoisotopic (exact) mass is 288 g/mol. The maximum absolute atomic E-state index is 8.86. The maximum atomic E-state index is 8.86. The summed E-state index contributed by atoms with van der Waals surface area (Å²) in [5.41, 5.74) is 4.49. The van der Waals surface area contributed by atoms with E-state index < -0.39 is 0 Å². The van der Waals surface area contributed by atoms with Crippen molar-refractivity contribution >= 4 is 6.72 Å². The van der Waals surface area contributed by atoms with Crippen LogP contribution >= 0.6 is 0 Å². The first-order chi connectivity index (χ1) is 10.8. The molecular weight excluding hydrogens is 268 g/mol. The molecule has 1 saturated carbocycles. The molecule has 0 heterocycles. The van der Waals surface area contributed by atoms with Crippen LogP contribution in [0.4, 0.5) is 0 Å². The molecule has 1 aliphatic carbocycles. The summed E-state index contributed by atoms with van der Waals surface area (Å²) in [6.45, 7) is 3.67. The Balaban J connectivity index is 1.72. The number of benzene rings is 2. The number of hydrogen-bond acceptors (Lipinski definition) is 2. The van der Waals surface area contributed by atoms with E-state index in [2.05, 4.69) is 42.0 Å². The van der Waals surface area contributed by atoms with E-state index >= 15 is 0 Å². The van der Waals surface area contributed by atoms with Crippen molar-refractivity contribution in [3.05, 3.63) is 59.7 Å². The third kappa shape index (κ3) is 3.09. The molecule has 0 bridgehead atoms. The Morgan fingerprint density at radius 3 is 1.91 bits per heavy atom. The fraction of sp³-hybridized carbons (Fsp3) is 0.300. The highest BCUT2D eigenvalue weighted by Gasteiger charge is 2.21. The summed E-state index contributed by atoms with van der Waals surface area (Å²) >= 11 is 0. The average molecular weight is 288 g/mol. The molecule has 1 aliphatic rings. The van der Waals surface area contributed by atoms with Gasteiger partial charge in [0.2, 0.25) is 0 Å². The summed E-state index contributed by atoms with van der Waals surface area (Å²) in [7, 11) is 0. The van der Waals surface area contributed by atoms with Crippen molar-refractivity contribution in [3.63, 3.8) is 0 Å². The fourth-order valence-corrected chi connectivity index (χ4v) is 3.28. The van der Waals surface area contributed by atoms with E-state index in [4.69, 9.17) is 5.26 Å². The fourth-order valence-electron chi connectivity index (χ4n) is 3.28. The van der Waals surface area contributed by atoms with Gasteiger partial charge in [0.1, 0.15) is 0 Å². The summed E-state index contributed by atoms with van der Waals surface area (Å²) in [6, 6.07) is 19.3. The van der Waals surface area contributed by atoms with Gasteiger partial charge in [0.15, 0.2) is 0 Å². The van der Waals surface area contributed by atoms with E-state index in [0.717, 1.165) is 18.4 Å². The Hall–Kier alpha value is -2.40. The van der Waals surface area contributed by atoms with E-state index in [1.54, 1.807) is 0 Å². The number of nitriles is 1. The first-order valence-corrected chi connectivity index (χ1v) is 7.86. The van der Waals surface area contributed by atoms with Crippen LogP contribution in [0.15, 0.2) is 53.5 Å². The molecule has 0 amide bonds. The smallest absolute Gasteiger partial charge is 0.0991 e. The Bertz CT molecular complexity index is 669. The normalized spacial score (nSPS) is 21.0. The molecule has 2 nitrogen and oxygen atoms in total. The Labute approximate surface area is 132 Å². The minimum absolute atomic E-state index is 0.467. The molecule has 110 valence electrons. The predicted octanol–water partition coefficient (Wildman–Crippen LogP) is 4.95. The third-order valence-corrected chi connectivity index (χ3v) is 4.68. The second-order valence-electron chi connectivity index (χ2n) is 6.00. The van der Waals surface area contributed by atoms with Crippen LogP contribution in [0, 0.1) is 11.3 Å². The zero-order chi connectivity index (χ0) is 15.4. The van der Waals surface area contributed by atoms with Gasteiger partial charge in [-0.1, -0.05) is 36.4 Å². The highest BCUT2D eigenvalue weighted by molar-refractivity contribution is 5.64. The van der Waals surface area contributed by atoms with Crippen molar-refractivity contribution in [2.45, 2.75) is 37.6 Å². The summed E-state index contributed by atoms with van der Waals surface area (Å²) in [6.07, 6.45) is 4.73. The lowest BCUT2D eigenvalue weighted by Crippen LogP contribution is -2.15. The zero-order valence-corrected chi connectivity index (χ0v) is 12.7. The molecular formula is C20H20N2. The average Bonchev–Trinajstić information content (AvgIpc) is 2.62. The first kappa shape index (κ1) is 14.5. The third-order valence-electron chi connectivity index (χ3n) is 4.68. The number of nitrogens with zero attached hydrogens (tertiary/aromatic N) is 2. The molecule has 1 fully saturated rings. The van der Waals surface area contributed by atoms with Gasteiger partial charge in [0.25, 0.3) is 0 Å². The van der Waals surface area contributed by atoms with Gasteiger partial charge in [-0.2, -0.15) is 5.26 Å². The number of rotatable bonds is 3. The molecule has 0 radical (unpaired) electrons. The standard InChI is InChI=1S/C20H20N2/c1-22-20-12-10-19(11-13-20)18-8-6-17(7-9-18)16-4-2-15(14-21)3-5-16/h2-9,19-20H,1,10-13H2. The van der Waals surface area contributed by atoms with E-state index in [-0.39, 0.29) is 0 Å². The molecule has 2 heteroatoms. The van der Waals surface area contributed by atoms with Crippen molar-refractivity contribution < 1.29 is 0 Å². The van der Waals surface area contributed by atoms with Crippen LogP contribution < -0.4 is 0 Å². The van der Waals surface area contributed by atoms with Crippen molar-refractivity contribution in [1.29, 1.82) is 5.26 Å². The van der Waals surface area contributed by atoms with Crippen LogP contribution in [-0.2, 0) is 0 Å². The van der Waals surface area contributed by atoms with Gasteiger partial charge in [-0.25, -0.2) is 0 Å². The maximum Gasteiger partial charge on any atom is 0.0991 e. The zero-order valence-electron chi connectivity index (χ0n) is 12.7. The molecule has 0 saturated heterocycles. The van der Waals surface area contributed by atoms with Crippen LogP contribution in [0.5, 0.6) is 0 Å². The molecule has 2 aromatic carbocycles. The number of hydrogen-bond donors (Lipinski definition) is 0. The van der Waals surface area contributed by atoms with Gasteiger partial charge in [0.05, 0.1) is 11.6 Å². The molecule has 0 atom stereocenters. The molecule has 0 aliphatic heterocycles. The molecule has 0 unspecified atom stereocenters. The SMILES string of the molecule is C=NC1CCC(c2ccc(-c3ccc(C#N)cc3)cc2)CC1. The van der Waals surface area contributed by atoms with E-state index in [1.165, 1.54) is 24.0 Å². The minimum atomic E-state index is 0.467. The quantitative estimate of drug-likeness (QED) is 0.736. The summed E-state index contributed by atoms with van der Waals surface area (Å²) in [4.78, 5) is 4.17. The molecule has 22 heavy (non-hydrogen) atoms. The molecule has 0 N–H and O–H groups in total. The van der Waals surface area contributed by atoms with Crippen LogP contribution in [0.25, 0.3) is 11.1 Å². The topological polar surface area (TPSA) is 36.1 Å². The molecule has 3 rings (SSSR count). The lowest BCUT2D eigenvalue weighted by Gasteiger charge is -2.26. The summed E-state index contributed by atoms with van der Waals surface area (Å²) in [5, 5.41) is 8.86. The van der Waals surface area contributed by atoms with E-state index in [0.29, 0.717) is 17.5 Å². The highest BCUT2D eigenvalue weighted by atomic mass is 14.7. The van der Waals surface area contributed by atoms with Crippen LogP contribution in [0.2, 0.25) is 0 Å². The van der Waals surface area contributed by atoms with Gasteiger partial charge in [-0.05, 0) is 67.1 Å². The van der Waals surface area contributed by atoms with Gasteiger partial charge in [-0.15, -0.1) is 0 Å². The summed E-state index contributed by atoms with van der Waals surface area (Å²) < 4.78 is 0. The Morgan fingerprint density at radius 1 is 0.864 bits per heavy atom. The second-order valence-corrected chi connectivity index (χ2v) is 6.00. The Morgan fingerprint density at radius 2 is 1.41 bits per heavy atom. The highest BCUT2D eigenvalue weighted by Crippen LogP contribution is 2.34. The van der Waals surface area contributed by atoms with Crippen molar-refractivity contribution in [1.82, 2.24) is 0 Å². The molecule has 0 spiro atoms. The molecule has 2 aromatic rings. The van der Waals surface area contributed by atoms with Crippen LogP contribution in [0.1, 0.15) is 42.7 Å². The van der Waals surface area contributed by atoms with Gasteiger partial charge in [-0.3, -0.25) is 4.99 Å². The predicted molar refractivity (Wildman–Crippen MR) is 91.1 cm³/mol. The van der Waals surface area contributed by atoms with Crippen molar-refractivity contribution in [3.8, 4) is 17.2 Å². The van der Waals surface area contributed by atoms with Crippen molar-refractivity contribution in [2.24, 2.45) is 4.99 Å². The van der Waals surface area contributed by atoms with Crippen LogP contribution in [-0.4, -0.2) is 12.8 Å². The lowest BCUT2D eigenvalue weighted by atomic mass is 9.81. The minimum Gasteiger partial charge on any atom is -0.298 e.